The molecule has 1 aromatic rings. The highest BCUT2D eigenvalue weighted by Crippen LogP contribution is 2.34. The predicted octanol–water partition coefficient (Wildman–Crippen LogP) is 2.57. The number of nitro benzene ring substituents is 1. The summed E-state index contributed by atoms with van der Waals surface area (Å²) in [6, 6.07) is 3.19. The monoisotopic (exact) mass is 282 g/mol. The van der Waals surface area contributed by atoms with Crippen molar-refractivity contribution in [2.24, 2.45) is 0 Å². The standard InChI is InChI=1S/C13H15FN2O4/c14-9-5-6-11(12(7-9)16(19)20)15(8-13(17)18)10-3-1-2-4-10/h5-7,10H,1-4,8H2,(H,17,18). The first-order valence-electron chi connectivity index (χ1n) is 6.41. The molecule has 1 aliphatic rings. The van der Waals surface area contributed by atoms with Gasteiger partial charge in [0.2, 0.25) is 0 Å². The van der Waals surface area contributed by atoms with Crippen molar-refractivity contribution in [1.82, 2.24) is 0 Å². The maximum absolute atomic E-state index is 13.2. The summed E-state index contributed by atoms with van der Waals surface area (Å²) < 4.78 is 13.2. The molecule has 108 valence electrons. The summed E-state index contributed by atoms with van der Waals surface area (Å²) in [5.74, 6) is -1.77. The molecule has 20 heavy (non-hydrogen) atoms. The third-order valence-corrected chi connectivity index (χ3v) is 3.51. The molecule has 0 saturated heterocycles. The van der Waals surface area contributed by atoms with E-state index in [4.69, 9.17) is 5.11 Å². The van der Waals surface area contributed by atoms with E-state index in [1.807, 2.05) is 0 Å². The number of carboxylic acid groups (broad SMARTS) is 1. The summed E-state index contributed by atoms with van der Waals surface area (Å²) in [5.41, 5.74) is -0.219. The third-order valence-electron chi connectivity index (χ3n) is 3.51. The zero-order valence-electron chi connectivity index (χ0n) is 10.8. The van der Waals surface area contributed by atoms with Gasteiger partial charge in [0, 0.05) is 6.04 Å². The van der Waals surface area contributed by atoms with E-state index < -0.39 is 22.4 Å². The van der Waals surface area contributed by atoms with Crippen LogP contribution in [0.5, 0.6) is 0 Å². The molecule has 1 saturated carbocycles. The lowest BCUT2D eigenvalue weighted by Crippen LogP contribution is -2.38. The second-order valence-electron chi connectivity index (χ2n) is 4.85. The van der Waals surface area contributed by atoms with Gasteiger partial charge in [0.25, 0.3) is 5.69 Å². The van der Waals surface area contributed by atoms with Gasteiger partial charge in [-0.2, -0.15) is 0 Å². The Kier molecular flexibility index (Phi) is 4.16. The van der Waals surface area contributed by atoms with Crippen molar-refractivity contribution in [2.45, 2.75) is 31.7 Å². The fourth-order valence-electron chi connectivity index (χ4n) is 2.66. The van der Waals surface area contributed by atoms with E-state index in [-0.39, 0.29) is 18.3 Å². The summed E-state index contributed by atoms with van der Waals surface area (Å²) in [7, 11) is 0. The molecule has 0 heterocycles. The Morgan fingerprint density at radius 1 is 1.45 bits per heavy atom. The van der Waals surface area contributed by atoms with Gasteiger partial charge in [-0.05, 0) is 25.0 Å². The normalized spacial score (nSPS) is 15.2. The van der Waals surface area contributed by atoms with Crippen molar-refractivity contribution in [3.05, 3.63) is 34.1 Å². The van der Waals surface area contributed by atoms with Crippen LogP contribution in [-0.2, 0) is 4.79 Å². The predicted molar refractivity (Wildman–Crippen MR) is 70.3 cm³/mol. The van der Waals surface area contributed by atoms with E-state index in [2.05, 4.69) is 0 Å². The topological polar surface area (TPSA) is 83.7 Å². The summed E-state index contributed by atoms with van der Waals surface area (Å²) in [4.78, 5) is 22.9. The van der Waals surface area contributed by atoms with Crippen LogP contribution in [0.2, 0.25) is 0 Å². The Labute approximate surface area is 115 Å². The number of anilines is 1. The quantitative estimate of drug-likeness (QED) is 0.662. The molecule has 2 rings (SSSR count). The number of rotatable bonds is 5. The van der Waals surface area contributed by atoms with Crippen LogP contribution in [0, 0.1) is 15.9 Å². The second-order valence-corrected chi connectivity index (χ2v) is 4.85. The molecular weight excluding hydrogens is 267 g/mol. The van der Waals surface area contributed by atoms with E-state index in [0.717, 1.165) is 37.8 Å². The van der Waals surface area contributed by atoms with Crippen LogP contribution < -0.4 is 4.90 Å². The summed E-state index contributed by atoms with van der Waals surface area (Å²) in [5, 5.41) is 20.0. The number of halogens is 1. The average molecular weight is 282 g/mol. The van der Waals surface area contributed by atoms with Crippen molar-refractivity contribution in [2.75, 3.05) is 11.4 Å². The van der Waals surface area contributed by atoms with Gasteiger partial charge in [-0.3, -0.25) is 14.9 Å². The molecular formula is C13H15FN2O4. The average Bonchev–Trinajstić information content (AvgIpc) is 2.89. The molecule has 1 N–H and O–H groups in total. The molecule has 6 nitrogen and oxygen atoms in total. The first-order valence-corrected chi connectivity index (χ1v) is 6.41. The zero-order valence-corrected chi connectivity index (χ0v) is 10.8. The summed E-state index contributed by atoms with van der Waals surface area (Å²) >= 11 is 0. The van der Waals surface area contributed by atoms with Crippen LogP contribution in [0.1, 0.15) is 25.7 Å². The summed E-state index contributed by atoms with van der Waals surface area (Å²) in [6.07, 6.45) is 3.52. The van der Waals surface area contributed by atoms with Crippen LogP contribution in [0.4, 0.5) is 15.8 Å². The number of benzene rings is 1. The highest BCUT2D eigenvalue weighted by molar-refractivity contribution is 5.76. The molecule has 0 unspecified atom stereocenters. The minimum Gasteiger partial charge on any atom is -0.480 e. The largest absolute Gasteiger partial charge is 0.480 e. The van der Waals surface area contributed by atoms with Gasteiger partial charge in [-0.15, -0.1) is 0 Å². The summed E-state index contributed by atoms with van der Waals surface area (Å²) in [6.45, 7) is -0.322. The molecule has 1 fully saturated rings. The number of hydrogen-bond acceptors (Lipinski definition) is 4. The van der Waals surface area contributed by atoms with Crippen LogP contribution in [-0.4, -0.2) is 28.6 Å². The zero-order chi connectivity index (χ0) is 14.7. The van der Waals surface area contributed by atoms with Crippen molar-refractivity contribution in [3.8, 4) is 0 Å². The SMILES string of the molecule is O=C(O)CN(c1ccc(F)cc1[N+](=O)[O-])C1CCCC1. The minimum atomic E-state index is -1.06. The molecule has 0 atom stereocenters. The first-order chi connectivity index (χ1) is 9.49. The van der Waals surface area contributed by atoms with Crippen LogP contribution in [0.15, 0.2) is 18.2 Å². The van der Waals surface area contributed by atoms with Crippen LogP contribution in [0.3, 0.4) is 0 Å². The number of nitro groups is 1. The van der Waals surface area contributed by atoms with E-state index >= 15 is 0 Å². The van der Waals surface area contributed by atoms with Crippen LogP contribution in [0.25, 0.3) is 0 Å². The minimum absolute atomic E-state index is 0.0461. The molecule has 0 amide bonds. The molecule has 7 heteroatoms. The lowest BCUT2D eigenvalue weighted by atomic mass is 10.1. The first kappa shape index (κ1) is 14.2. The maximum Gasteiger partial charge on any atom is 0.323 e. The lowest BCUT2D eigenvalue weighted by molar-refractivity contribution is -0.384. The number of carbonyl (C=O) groups is 1. The number of carboxylic acids is 1. The third kappa shape index (κ3) is 3.04. The van der Waals surface area contributed by atoms with Crippen LogP contribution >= 0.6 is 0 Å². The van der Waals surface area contributed by atoms with E-state index in [9.17, 15) is 19.3 Å². The lowest BCUT2D eigenvalue weighted by Gasteiger charge is -2.29. The maximum atomic E-state index is 13.2. The van der Waals surface area contributed by atoms with Gasteiger partial charge >= 0.3 is 5.97 Å². The van der Waals surface area contributed by atoms with E-state index in [1.54, 1.807) is 0 Å². The van der Waals surface area contributed by atoms with E-state index in [0.29, 0.717) is 0 Å². The molecule has 0 aliphatic heterocycles. The molecule has 0 aromatic heterocycles. The molecule has 1 aliphatic carbocycles. The second kappa shape index (κ2) is 5.85. The number of nitrogens with zero attached hydrogens (tertiary/aromatic N) is 2. The van der Waals surface area contributed by atoms with Crippen molar-refractivity contribution in [1.29, 1.82) is 0 Å². The van der Waals surface area contributed by atoms with Crippen molar-refractivity contribution < 1.29 is 19.2 Å². The molecule has 0 spiro atoms. The number of hydrogen-bond donors (Lipinski definition) is 1. The highest BCUT2D eigenvalue weighted by atomic mass is 19.1. The van der Waals surface area contributed by atoms with Gasteiger partial charge in [0.05, 0.1) is 11.0 Å². The van der Waals surface area contributed by atoms with Crippen molar-refractivity contribution >= 4 is 17.3 Å². The Morgan fingerprint density at radius 2 is 2.10 bits per heavy atom. The smallest absolute Gasteiger partial charge is 0.323 e. The number of aliphatic carboxylic acids is 1. The van der Waals surface area contributed by atoms with Gasteiger partial charge < -0.3 is 10.0 Å². The van der Waals surface area contributed by atoms with Crippen molar-refractivity contribution in [3.63, 3.8) is 0 Å². The molecule has 1 aromatic carbocycles. The highest BCUT2D eigenvalue weighted by Gasteiger charge is 2.29. The van der Waals surface area contributed by atoms with Gasteiger partial charge in [-0.1, -0.05) is 12.8 Å². The van der Waals surface area contributed by atoms with Gasteiger partial charge in [0.15, 0.2) is 0 Å². The molecule has 0 bridgehead atoms. The Hall–Kier alpha value is -2.18. The van der Waals surface area contributed by atoms with Gasteiger partial charge in [0.1, 0.15) is 18.0 Å². The fourth-order valence-corrected chi connectivity index (χ4v) is 2.66. The Bertz CT molecular complexity index is 529. The van der Waals surface area contributed by atoms with E-state index in [1.165, 1.54) is 11.0 Å². The fraction of sp³-hybridized carbons (Fsp3) is 0.462. The molecule has 0 radical (unpaired) electrons. The Balaban J connectivity index is 2.41. The Morgan fingerprint density at radius 3 is 2.65 bits per heavy atom. The van der Waals surface area contributed by atoms with Gasteiger partial charge in [-0.25, -0.2) is 4.39 Å².